The average molecular weight is 491 g/mol. The van der Waals surface area contributed by atoms with Crippen LogP contribution in [-0.4, -0.2) is 54.9 Å². The third-order valence-corrected chi connectivity index (χ3v) is 5.75. The minimum atomic E-state index is -4.59. The van der Waals surface area contributed by atoms with E-state index in [4.69, 9.17) is 9.47 Å². The number of ether oxygens (including phenoxy) is 2. The van der Waals surface area contributed by atoms with Gasteiger partial charge in [-0.25, -0.2) is 14.3 Å². The first-order chi connectivity index (χ1) is 14.2. The van der Waals surface area contributed by atoms with Gasteiger partial charge in [0.25, 0.3) is 0 Å². The van der Waals surface area contributed by atoms with Gasteiger partial charge in [-0.2, -0.15) is 18.2 Å². The van der Waals surface area contributed by atoms with E-state index >= 15 is 0 Å². The first-order valence-corrected chi connectivity index (χ1v) is 9.77. The van der Waals surface area contributed by atoms with E-state index < -0.39 is 23.0 Å². The molecule has 2 N–H and O–H groups in total. The number of hydrogen-bond donors (Lipinski definition) is 2. The maximum atomic E-state index is 13.1. The van der Waals surface area contributed by atoms with E-state index in [0.717, 1.165) is 6.41 Å². The monoisotopic (exact) mass is 490 g/mol. The average Bonchev–Trinajstić information content (AvgIpc) is 2.74. The third-order valence-electron chi connectivity index (χ3n) is 4.75. The Hall–Kier alpha value is -2.28. The number of amides is 1. The fraction of sp³-hybridized carbons (Fsp3) is 0.389. The molecule has 2 aromatic rings. The molecule has 1 saturated heterocycles. The number of carbonyl (C=O) groups is 1. The Balaban J connectivity index is 2.01. The van der Waals surface area contributed by atoms with Gasteiger partial charge in [-0.05, 0) is 22.0 Å². The second kappa shape index (κ2) is 8.84. The van der Waals surface area contributed by atoms with E-state index in [1.54, 1.807) is 24.3 Å². The largest absolute Gasteiger partial charge is 0.421 e. The van der Waals surface area contributed by atoms with Crippen molar-refractivity contribution in [3.05, 3.63) is 36.0 Å². The van der Waals surface area contributed by atoms with Crippen LogP contribution in [-0.2, 0) is 20.4 Å². The molecule has 8 nitrogen and oxygen atoms in total. The van der Waals surface area contributed by atoms with Gasteiger partial charge in [0.1, 0.15) is 30.2 Å². The molecule has 12 heteroatoms. The van der Waals surface area contributed by atoms with Crippen LogP contribution >= 0.6 is 15.9 Å². The molecule has 30 heavy (non-hydrogen) atoms. The highest BCUT2D eigenvalue weighted by Crippen LogP contribution is 2.39. The molecule has 1 aliphatic rings. The highest BCUT2D eigenvalue weighted by molar-refractivity contribution is 9.09. The summed E-state index contributed by atoms with van der Waals surface area (Å²) in [4.78, 5) is 19.6. The number of benzene rings is 1. The Morgan fingerprint density at radius 3 is 2.73 bits per heavy atom. The standard InChI is InChI=1S/C18H20BrF3N5O3/c1-23-16-11(18(20,21)22)7-24-17(26-16)25-12-5-3-4-6-13(12)27(10-28)8-15(29-2)30-9-14(27)19/h3-7,10,14-15H,8-9H2,1-2H3,(H2,23,24,25,26)/q+1. The van der Waals surface area contributed by atoms with Crippen molar-refractivity contribution in [2.75, 3.05) is 37.9 Å². The van der Waals surface area contributed by atoms with Crippen molar-refractivity contribution in [1.29, 1.82) is 0 Å². The van der Waals surface area contributed by atoms with Gasteiger partial charge in [0, 0.05) is 26.4 Å². The van der Waals surface area contributed by atoms with Crippen LogP contribution in [0.25, 0.3) is 0 Å². The molecule has 1 aromatic carbocycles. The molecule has 1 fully saturated rings. The van der Waals surface area contributed by atoms with Gasteiger partial charge in [-0.15, -0.1) is 0 Å². The number of carbonyl (C=O) groups excluding carboxylic acids is 1. The van der Waals surface area contributed by atoms with E-state index in [9.17, 15) is 18.0 Å². The predicted octanol–water partition coefficient (Wildman–Crippen LogP) is 3.47. The number of aromatic nitrogens is 2. The summed E-state index contributed by atoms with van der Waals surface area (Å²) in [6, 6.07) is 6.92. The molecule has 3 atom stereocenters. The number of para-hydroxylation sites is 2. The maximum Gasteiger partial charge on any atom is 0.421 e. The van der Waals surface area contributed by atoms with E-state index in [1.807, 2.05) is 0 Å². The number of nitrogens with zero attached hydrogens (tertiary/aromatic N) is 3. The fourth-order valence-corrected chi connectivity index (χ4v) is 3.83. The highest BCUT2D eigenvalue weighted by Gasteiger charge is 2.46. The Morgan fingerprint density at radius 1 is 1.37 bits per heavy atom. The molecule has 3 unspecified atom stereocenters. The number of quaternary nitrogens is 1. The van der Waals surface area contributed by atoms with E-state index in [-0.39, 0.29) is 29.4 Å². The summed E-state index contributed by atoms with van der Waals surface area (Å²) in [5.41, 5.74) is 0.0544. The van der Waals surface area contributed by atoms with Crippen molar-refractivity contribution in [3.63, 3.8) is 0 Å². The lowest BCUT2D eigenvalue weighted by Gasteiger charge is -2.42. The Morgan fingerprint density at radius 2 is 2.10 bits per heavy atom. The summed E-state index contributed by atoms with van der Waals surface area (Å²) in [7, 11) is 2.83. The van der Waals surface area contributed by atoms with Crippen molar-refractivity contribution in [3.8, 4) is 0 Å². The van der Waals surface area contributed by atoms with Crippen LogP contribution in [0.4, 0.5) is 36.3 Å². The van der Waals surface area contributed by atoms with Crippen LogP contribution in [0.1, 0.15) is 5.56 Å². The zero-order valence-electron chi connectivity index (χ0n) is 16.1. The lowest BCUT2D eigenvalue weighted by atomic mass is 10.2. The van der Waals surface area contributed by atoms with Crippen molar-refractivity contribution < 1.29 is 27.4 Å². The van der Waals surface area contributed by atoms with Gasteiger partial charge in [-0.1, -0.05) is 12.1 Å². The summed E-state index contributed by atoms with van der Waals surface area (Å²) in [6.45, 7) is 0.413. The van der Waals surface area contributed by atoms with Crippen LogP contribution in [0.15, 0.2) is 30.5 Å². The van der Waals surface area contributed by atoms with Crippen LogP contribution in [0.3, 0.4) is 0 Å². The summed E-state index contributed by atoms with van der Waals surface area (Å²) >= 11 is 3.51. The molecular weight excluding hydrogens is 471 g/mol. The highest BCUT2D eigenvalue weighted by atomic mass is 79.9. The second-order valence-corrected chi connectivity index (χ2v) is 7.55. The number of methoxy groups -OCH3 is 1. The lowest BCUT2D eigenvalue weighted by Crippen LogP contribution is -2.63. The molecule has 2 heterocycles. The molecule has 0 aliphatic carbocycles. The van der Waals surface area contributed by atoms with Gasteiger partial charge in [0.15, 0.2) is 10.6 Å². The molecule has 0 bridgehead atoms. The molecule has 1 aromatic heterocycles. The normalized spacial score (nSPS) is 24.3. The first kappa shape index (κ1) is 22.4. The number of halogens is 4. The number of alkyl halides is 4. The van der Waals surface area contributed by atoms with Crippen LogP contribution in [0.5, 0.6) is 0 Å². The van der Waals surface area contributed by atoms with Gasteiger partial charge in [0.2, 0.25) is 12.2 Å². The number of hydrogen-bond acceptors (Lipinski definition) is 7. The third kappa shape index (κ3) is 4.26. The first-order valence-electron chi connectivity index (χ1n) is 8.86. The van der Waals surface area contributed by atoms with Gasteiger partial charge in [-0.3, -0.25) is 0 Å². The molecular formula is C18H20BrF3N5O3+. The van der Waals surface area contributed by atoms with E-state index in [2.05, 4.69) is 36.5 Å². The minimum Gasteiger partial charge on any atom is -0.372 e. The fourth-order valence-electron chi connectivity index (χ4n) is 3.19. The second-order valence-electron chi connectivity index (χ2n) is 6.50. The number of nitrogens with one attached hydrogen (secondary N) is 2. The Bertz CT molecular complexity index is 917. The van der Waals surface area contributed by atoms with Crippen molar-refractivity contribution in [2.45, 2.75) is 17.4 Å². The molecule has 1 amide bonds. The number of morpholine rings is 1. The van der Waals surface area contributed by atoms with Crippen LogP contribution in [0.2, 0.25) is 0 Å². The zero-order valence-corrected chi connectivity index (χ0v) is 17.7. The van der Waals surface area contributed by atoms with Crippen LogP contribution in [0, 0.1) is 0 Å². The van der Waals surface area contributed by atoms with Gasteiger partial charge < -0.3 is 20.1 Å². The molecule has 0 saturated carbocycles. The Labute approximate surface area is 179 Å². The number of rotatable bonds is 6. The minimum absolute atomic E-state index is 0.0495. The zero-order chi connectivity index (χ0) is 21.9. The van der Waals surface area contributed by atoms with Gasteiger partial charge in [0.05, 0.1) is 0 Å². The lowest BCUT2D eigenvalue weighted by molar-refractivity contribution is -0.169. The number of anilines is 3. The summed E-state index contributed by atoms with van der Waals surface area (Å²) < 4.78 is 50.0. The summed E-state index contributed by atoms with van der Waals surface area (Å²) in [5.74, 6) is -0.410. The maximum absolute atomic E-state index is 13.1. The molecule has 0 radical (unpaired) electrons. The van der Waals surface area contributed by atoms with Crippen molar-refractivity contribution >= 4 is 45.5 Å². The van der Waals surface area contributed by atoms with E-state index in [0.29, 0.717) is 17.6 Å². The SMILES string of the molecule is CNc1nc(Nc2ccccc2[N+]2(C=O)CC(OC)OCC2Br)ncc1C(F)(F)F. The van der Waals surface area contributed by atoms with Crippen molar-refractivity contribution in [2.24, 2.45) is 0 Å². The van der Waals surface area contributed by atoms with E-state index in [1.165, 1.54) is 14.2 Å². The molecule has 0 spiro atoms. The molecule has 3 rings (SSSR count). The molecule has 162 valence electrons. The summed E-state index contributed by atoms with van der Waals surface area (Å²) in [6.07, 6.45) is -3.71. The van der Waals surface area contributed by atoms with Crippen LogP contribution < -0.4 is 15.1 Å². The smallest absolute Gasteiger partial charge is 0.372 e. The predicted molar refractivity (Wildman–Crippen MR) is 108 cm³/mol. The van der Waals surface area contributed by atoms with Crippen molar-refractivity contribution in [1.82, 2.24) is 14.5 Å². The van der Waals surface area contributed by atoms with Gasteiger partial charge >= 0.3 is 12.6 Å². The molecule has 1 aliphatic heterocycles. The summed E-state index contributed by atoms with van der Waals surface area (Å²) in [5, 5.41) is 5.36. The Kier molecular flexibility index (Phi) is 6.60. The quantitative estimate of drug-likeness (QED) is 0.277. The topological polar surface area (TPSA) is 85.4 Å².